The Kier molecular flexibility index (Phi) is 2.90. The Balaban J connectivity index is 2.59. The van der Waals surface area contributed by atoms with Gasteiger partial charge in [-0.05, 0) is 26.3 Å². The molecule has 0 fully saturated rings. The molecule has 2 nitrogen and oxygen atoms in total. The zero-order chi connectivity index (χ0) is 9.03. The van der Waals surface area contributed by atoms with E-state index < -0.39 is 0 Å². The monoisotopic (exact) mass is 166 g/mol. The first-order chi connectivity index (χ1) is 5.67. The molecule has 0 spiro atoms. The van der Waals surface area contributed by atoms with Gasteiger partial charge in [0.25, 0.3) is 0 Å². The zero-order valence-corrected chi connectivity index (χ0v) is 8.25. The fraction of sp³-hybridized carbons (Fsp3) is 0.700. The van der Waals surface area contributed by atoms with E-state index >= 15 is 0 Å². The molecule has 0 saturated carbocycles. The highest BCUT2D eigenvalue weighted by Gasteiger charge is 2.18. The largest absolute Gasteiger partial charge is 0.267 e. The quantitative estimate of drug-likeness (QED) is 0.672. The summed E-state index contributed by atoms with van der Waals surface area (Å²) in [6.07, 6.45) is 7.60. The average molecular weight is 166 g/mol. The van der Waals surface area contributed by atoms with Crippen molar-refractivity contribution in [2.45, 2.75) is 45.6 Å². The van der Waals surface area contributed by atoms with Gasteiger partial charge >= 0.3 is 0 Å². The molecule has 0 N–H and O–H groups in total. The third-order valence-corrected chi connectivity index (χ3v) is 2.27. The van der Waals surface area contributed by atoms with E-state index in [1.165, 1.54) is 19.3 Å². The van der Waals surface area contributed by atoms with Crippen LogP contribution in [0.15, 0.2) is 18.5 Å². The summed E-state index contributed by atoms with van der Waals surface area (Å²) in [4.78, 5) is 0. The summed E-state index contributed by atoms with van der Waals surface area (Å²) in [5.41, 5.74) is 0.180. The van der Waals surface area contributed by atoms with Crippen molar-refractivity contribution in [3.05, 3.63) is 18.5 Å². The van der Waals surface area contributed by atoms with Gasteiger partial charge in [-0.15, -0.1) is 0 Å². The zero-order valence-electron chi connectivity index (χ0n) is 8.25. The van der Waals surface area contributed by atoms with Crippen LogP contribution < -0.4 is 0 Å². The highest BCUT2D eigenvalue weighted by atomic mass is 15.3. The second kappa shape index (κ2) is 3.74. The van der Waals surface area contributed by atoms with Gasteiger partial charge in [0.1, 0.15) is 0 Å². The van der Waals surface area contributed by atoms with Crippen LogP contribution in [0.5, 0.6) is 0 Å². The van der Waals surface area contributed by atoms with Gasteiger partial charge in [0.15, 0.2) is 0 Å². The van der Waals surface area contributed by atoms with E-state index in [2.05, 4.69) is 25.9 Å². The van der Waals surface area contributed by atoms with Crippen LogP contribution in [0, 0.1) is 0 Å². The van der Waals surface area contributed by atoms with Crippen LogP contribution in [0.25, 0.3) is 0 Å². The van der Waals surface area contributed by atoms with Crippen molar-refractivity contribution in [3.8, 4) is 0 Å². The molecule has 0 radical (unpaired) electrons. The summed E-state index contributed by atoms with van der Waals surface area (Å²) >= 11 is 0. The van der Waals surface area contributed by atoms with E-state index in [-0.39, 0.29) is 5.54 Å². The average Bonchev–Trinajstić information content (AvgIpc) is 2.53. The molecule has 0 amide bonds. The second-order valence-corrected chi connectivity index (χ2v) is 3.87. The molecule has 0 bridgehead atoms. The molecule has 1 rings (SSSR count). The van der Waals surface area contributed by atoms with E-state index in [0.29, 0.717) is 0 Å². The summed E-state index contributed by atoms with van der Waals surface area (Å²) in [6.45, 7) is 6.69. The van der Waals surface area contributed by atoms with E-state index in [0.717, 1.165) is 0 Å². The normalized spacial score (nSPS) is 11.9. The number of hydrogen-bond donors (Lipinski definition) is 0. The Morgan fingerprint density at radius 2 is 2.17 bits per heavy atom. The molecule has 12 heavy (non-hydrogen) atoms. The molecular weight excluding hydrogens is 148 g/mol. The van der Waals surface area contributed by atoms with Crippen LogP contribution in [-0.2, 0) is 5.54 Å². The Labute approximate surface area is 74.6 Å². The lowest BCUT2D eigenvalue weighted by atomic mass is 9.98. The van der Waals surface area contributed by atoms with Gasteiger partial charge in [-0.3, -0.25) is 4.68 Å². The second-order valence-electron chi connectivity index (χ2n) is 3.87. The molecule has 0 aliphatic rings. The van der Waals surface area contributed by atoms with Gasteiger partial charge in [-0.2, -0.15) is 5.10 Å². The van der Waals surface area contributed by atoms with Crippen LogP contribution in [-0.4, -0.2) is 9.78 Å². The molecule has 2 heteroatoms. The molecule has 0 aliphatic carbocycles. The molecular formula is C10H18N2. The van der Waals surface area contributed by atoms with Crippen molar-refractivity contribution in [2.75, 3.05) is 0 Å². The summed E-state index contributed by atoms with van der Waals surface area (Å²) in [5.74, 6) is 0. The van der Waals surface area contributed by atoms with Gasteiger partial charge in [-0.25, -0.2) is 0 Å². The summed E-state index contributed by atoms with van der Waals surface area (Å²) in [7, 11) is 0. The Morgan fingerprint density at radius 3 is 2.67 bits per heavy atom. The van der Waals surface area contributed by atoms with Crippen molar-refractivity contribution >= 4 is 0 Å². The molecule has 0 aliphatic heterocycles. The summed E-state index contributed by atoms with van der Waals surface area (Å²) in [6, 6.07) is 1.98. The number of hydrogen-bond acceptors (Lipinski definition) is 1. The molecule has 1 heterocycles. The minimum Gasteiger partial charge on any atom is -0.267 e. The predicted molar refractivity (Wildman–Crippen MR) is 51.1 cm³/mol. The van der Waals surface area contributed by atoms with Crippen LogP contribution >= 0.6 is 0 Å². The van der Waals surface area contributed by atoms with Crippen molar-refractivity contribution < 1.29 is 0 Å². The fourth-order valence-electron chi connectivity index (χ4n) is 1.35. The van der Waals surface area contributed by atoms with E-state index in [1.807, 2.05) is 23.1 Å². The molecule has 1 aromatic heterocycles. The molecule has 0 saturated heterocycles. The van der Waals surface area contributed by atoms with Crippen LogP contribution in [0.4, 0.5) is 0 Å². The minimum atomic E-state index is 0.180. The number of rotatable bonds is 4. The smallest absolute Gasteiger partial charge is 0.0571 e. The SMILES string of the molecule is CCCCC(C)(C)n1cccn1. The molecule has 0 unspecified atom stereocenters. The third-order valence-electron chi connectivity index (χ3n) is 2.27. The van der Waals surface area contributed by atoms with Crippen molar-refractivity contribution in [1.82, 2.24) is 9.78 Å². The lowest BCUT2D eigenvalue weighted by molar-refractivity contribution is 0.287. The third kappa shape index (κ3) is 2.10. The minimum absolute atomic E-state index is 0.180. The van der Waals surface area contributed by atoms with Gasteiger partial charge in [0.05, 0.1) is 5.54 Å². The molecule has 0 aromatic carbocycles. The Hall–Kier alpha value is -0.790. The molecule has 68 valence electrons. The Morgan fingerprint density at radius 1 is 1.42 bits per heavy atom. The van der Waals surface area contributed by atoms with Gasteiger partial charge in [-0.1, -0.05) is 19.8 Å². The van der Waals surface area contributed by atoms with Gasteiger partial charge in [0.2, 0.25) is 0 Å². The molecule has 1 aromatic rings. The van der Waals surface area contributed by atoms with Crippen LogP contribution in [0.2, 0.25) is 0 Å². The van der Waals surface area contributed by atoms with E-state index in [1.54, 1.807) is 0 Å². The van der Waals surface area contributed by atoms with E-state index in [9.17, 15) is 0 Å². The molecule has 0 atom stereocenters. The van der Waals surface area contributed by atoms with E-state index in [4.69, 9.17) is 0 Å². The number of nitrogens with zero attached hydrogens (tertiary/aromatic N) is 2. The summed E-state index contributed by atoms with van der Waals surface area (Å²) in [5, 5.41) is 4.26. The fourth-order valence-corrected chi connectivity index (χ4v) is 1.35. The first kappa shape index (κ1) is 9.30. The highest BCUT2D eigenvalue weighted by Crippen LogP contribution is 2.20. The standard InChI is InChI=1S/C10H18N2/c1-4-5-7-10(2,3)12-9-6-8-11-12/h6,8-9H,4-5,7H2,1-3H3. The van der Waals surface area contributed by atoms with Crippen molar-refractivity contribution in [1.29, 1.82) is 0 Å². The first-order valence-corrected chi connectivity index (χ1v) is 4.67. The van der Waals surface area contributed by atoms with Crippen LogP contribution in [0.3, 0.4) is 0 Å². The van der Waals surface area contributed by atoms with Crippen LogP contribution in [0.1, 0.15) is 40.0 Å². The lowest BCUT2D eigenvalue weighted by Crippen LogP contribution is -2.26. The maximum absolute atomic E-state index is 4.26. The predicted octanol–water partition coefficient (Wildman–Crippen LogP) is 2.81. The lowest BCUT2D eigenvalue weighted by Gasteiger charge is -2.25. The summed E-state index contributed by atoms with van der Waals surface area (Å²) < 4.78 is 2.04. The topological polar surface area (TPSA) is 17.8 Å². The van der Waals surface area contributed by atoms with Gasteiger partial charge in [0, 0.05) is 12.4 Å². The maximum atomic E-state index is 4.26. The van der Waals surface area contributed by atoms with Crippen molar-refractivity contribution in [2.24, 2.45) is 0 Å². The Bertz CT molecular complexity index is 212. The maximum Gasteiger partial charge on any atom is 0.0571 e. The van der Waals surface area contributed by atoms with Gasteiger partial charge < -0.3 is 0 Å². The number of unbranched alkanes of at least 4 members (excludes halogenated alkanes) is 1. The highest BCUT2D eigenvalue weighted by molar-refractivity contribution is 4.85. The van der Waals surface area contributed by atoms with Crippen molar-refractivity contribution in [3.63, 3.8) is 0 Å². The number of aromatic nitrogens is 2. The first-order valence-electron chi connectivity index (χ1n) is 4.67.